The van der Waals surface area contributed by atoms with E-state index in [0.29, 0.717) is 17.2 Å². The first-order chi connectivity index (χ1) is 7.45. The van der Waals surface area contributed by atoms with Crippen molar-refractivity contribution in [3.8, 4) is 5.75 Å². The fraction of sp³-hybridized carbons (Fsp3) is 0.364. The summed E-state index contributed by atoms with van der Waals surface area (Å²) in [5.41, 5.74) is 0.827. The molecule has 0 aliphatic rings. The van der Waals surface area contributed by atoms with Crippen molar-refractivity contribution >= 4 is 33.5 Å². The molecule has 0 bridgehead atoms. The first kappa shape index (κ1) is 13.3. The Morgan fingerprint density at radius 3 is 2.75 bits per heavy atom. The van der Waals surface area contributed by atoms with Gasteiger partial charge in [-0.15, -0.1) is 0 Å². The number of carboxylic acids is 1. The average molecular weight is 308 g/mol. The Balaban J connectivity index is 3.03. The van der Waals surface area contributed by atoms with E-state index in [4.69, 9.17) is 21.4 Å². The van der Waals surface area contributed by atoms with E-state index in [1.54, 1.807) is 19.1 Å². The third-order valence-corrected chi connectivity index (χ3v) is 3.47. The van der Waals surface area contributed by atoms with Gasteiger partial charge < -0.3 is 9.84 Å². The fourth-order valence-corrected chi connectivity index (χ4v) is 1.88. The zero-order valence-corrected chi connectivity index (χ0v) is 11.3. The van der Waals surface area contributed by atoms with Crippen LogP contribution in [0.5, 0.6) is 5.75 Å². The van der Waals surface area contributed by atoms with Crippen LogP contribution in [0.25, 0.3) is 0 Å². The van der Waals surface area contributed by atoms with Gasteiger partial charge in [0.05, 0.1) is 18.1 Å². The van der Waals surface area contributed by atoms with E-state index in [9.17, 15) is 4.79 Å². The monoisotopic (exact) mass is 306 g/mol. The molecular weight excluding hydrogens is 295 g/mol. The summed E-state index contributed by atoms with van der Waals surface area (Å²) in [5.74, 6) is -0.670. The zero-order chi connectivity index (χ0) is 12.3. The number of benzene rings is 1. The minimum absolute atomic E-state index is 0.411. The third-order valence-electron chi connectivity index (χ3n) is 2.27. The summed E-state index contributed by atoms with van der Waals surface area (Å²) in [7, 11) is 1.54. The van der Waals surface area contributed by atoms with Crippen LogP contribution in [0.1, 0.15) is 12.5 Å². The van der Waals surface area contributed by atoms with Crippen molar-refractivity contribution in [3.05, 3.63) is 27.2 Å². The van der Waals surface area contributed by atoms with E-state index in [2.05, 4.69) is 15.9 Å². The number of methoxy groups -OCH3 is 1. The van der Waals surface area contributed by atoms with Crippen molar-refractivity contribution in [2.75, 3.05) is 7.11 Å². The average Bonchev–Trinajstić information content (AvgIpc) is 2.22. The van der Waals surface area contributed by atoms with E-state index in [1.807, 2.05) is 0 Å². The molecule has 0 fully saturated rings. The molecule has 0 saturated heterocycles. The largest absolute Gasteiger partial charge is 0.496 e. The highest BCUT2D eigenvalue weighted by Crippen LogP contribution is 2.32. The lowest BCUT2D eigenvalue weighted by Gasteiger charge is -2.12. The summed E-state index contributed by atoms with van der Waals surface area (Å²) in [4.78, 5) is 10.8. The molecule has 0 radical (unpaired) electrons. The number of hydrogen-bond acceptors (Lipinski definition) is 2. The molecule has 0 unspecified atom stereocenters. The van der Waals surface area contributed by atoms with Gasteiger partial charge in [0.15, 0.2) is 0 Å². The second-order valence-electron chi connectivity index (χ2n) is 3.52. The lowest BCUT2D eigenvalue weighted by molar-refractivity contribution is -0.141. The van der Waals surface area contributed by atoms with Crippen LogP contribution in [0.4, 0.5) is 0 Å². The molecule has 1 N–H and O–H groups in total. The Bertz CT molecular complexity index is 406. The Labute approximate surface area is 107 Å². The fourth-order valence-electron chi connectivity index (χ4n) is 1.34. The normalized spacial score (nSPS) is 12.2. The molecule has 0 saturated carbocycles. The van der Waals surface area contributed by atoms with Gasteiger partial charge in [0.25, 0.3) is 0 Å². The molecule has 0 aliphatic carbocycles. The van der Waals surface area contributed by atoms with Crippen LogP contribution >= 0.6 is 27.5 Å². The second-order valence-corrected chi connectivity index (χ2v) is 4.78. The topological polar surface area (TPSA) is 46.5 Å². The Hall–Kier alpha value is -0.740. The lowest BCUT2D eigenvalue weighted by atomic mass is 10.0. The van der Waals surface area contributed by atoms with Crippen LogP contribution in [0.2, 0.25) is 5.02 Å². The summed E-state index contributed by atoms with van der Waals surface area (Å²) < 4.78 is 5.90. The molecule has 1 rings (SSSR count). The third kappa shape index (κ3) is 3.12. The van der Waals surface area contributed by atoms with Crippen LogP contribution in [-0.4, -0.2) is 18.2 Å². The number of ether oxygens (including phenoxy) is 1. The summed E-state index contributed by atoms with van der Waals surface area (Å²) in [5, 5.41) is 9.40. The molecule has 88 valence electrons. The molecular formula is C11H12BrClO3. The Morgan fingerprint density at radius 1 is 1.62 bits per heavy atom. The van der Waals surface area contributed by atoms with Crippen molar-refractivity contribution in [1.29, 1.82) is 0 Å². The van der Waals surface area contributed by atoms with Crippen molar-refractivity contribution in [1.82, 2.24) is 0 Å². The molecule has 5 heteroatoms. The standard InChI is InChI=1S/C11H12BrClO3/c1-6(11(14)15)3-7-4-8(12)9(13)5-10(7)16-2/h4-6H,3H2,1-2H3,(H,14,15)/t6-/m1/s1. The molecule has 0 aliphatic heterocycles. The maximum absolute atomic E-state index is 10.8. The van der Waals surface area contributed by atoms with E-state index < -0.39 is 11.9 Å². The summed E-state index contributed by atoms with van der Waals surface area (Å²) in [6.07, 6.45) is 0.411. The van der Waals surface area contributed by atoms with E-state index in [1.165, 1.54) is 7.11 Å². The Morgan fingerprint density at radius 2 is 2.25 bits per heavy atom. The van der Waals surface area contributed by atoms with E-state index >= 15 is 0 Å². The Kier molecular flexibility index (Phi) is 4.62. The van der Waals surface area contributed by atoms with Gasteiger partial charge in [0.2, 0.25) is 0 Å². The highest BCUT2D eigenvalue weighted by molar-refractivity contribution is 9.10. The smallest absolute Gasteiger partial charge is 0.306 e. The summed E-state index contributed by atoms with van der Waals surface area (Å²) in [6.45, 7) is 1.66. The second kappa shape index (κ2) is 5.55. The molecule has 0 heterocycles. The van der Waals surface area contributed by atoms with Crippen LogP contribution in [-0.2, 0) is 11.2 Å². The zero-order valence-electron chi connectivity index (χ0n) is 8.96. The highest BCUT2D eigenvalue weighted by atomic mass is 79.9. The van der Waals surface area contributed by atoms with Gasteiger partial charge in [-0.1, -0.05) is 18.5 Å². The van der Waals surface area contributed by atoms with Crippen molar-refractivity contribution < 1.29 is 14.6 Å². The van der Waals surface area contributed by atoms with E-state index in [-0.39, 0.29) is 0 Å². The van der Waals surface area contributed by atoms with Gasteiger partial charge in [0, 0.05) is 10.5 Å². The highest BCUT2D eigenvalue weighted by Gasteiger charge is 2.16. The number of rotatable bonds is 4. The number of halogens is 2. The maximum atomic E-state index is 10.8. The molecule has 1 atom stereocenters. The SMILES string of the molecule is COc1cc(Cl)c(Br)cc1C[C@@H](C)C(=O)O. The molecule has 3 nitrogen and oxygen atoms in total. The van der Waals surface area contributed by atoms with Crippen LogP contribution in [0.15, 0.2) is 16.6 Å². The van der Waals surface area contributed by atoms with Crippen LogP contribution < -0.4 is 4.74 Å². The summed E-state index contributed by atoms with van der Waals surface area (Å²) >= 11 is 9.22. The van der Waals surface area contributed by atoms with Crippen molar-refractivity contribution in [2.45, 2.75) is 13.3 Å². The first-order valence-corrected chi connectivity index (χ1v) is 5.87. The van der Waals surface area contributed by atoms with E-state index in [0.717, 1.165) is 10.0 Å². The van der Waals surface area contributed by atoms with Gasteiger partial charge in [0.1, 0.15) is 5.75 Å². The summed E-state index contributed by atoms with van der Waals surface area (Å²) in [6, 6.07) is 3.47. The predicted octanol–water partition coefficient (Wildman–Crippen LogP) is 3.37. The van der Waals surface area contributed by atoms with Gasteiger partial charge in [-0.2, -0.15) is 0 Å². The molecule has 0 spiro atoms. The van der Waals surface area contributed by atoms with Crippen molar-refractivity contribution in [2.24, 2.45) is 5.92 Å². The first-order valence-electron chi connectivity index (χ1n) is 4.70. The predicted molar refractivity (Wildman–Crippen MR) is 66.2 cm³/mol. The minimum Gasteiger partial charge on any atom is -0.496 e. The van der Waals surface area contributed by atoms with Gasteiger partial charge >= 0.3 is 5.97 Å². The molecule has 1 aromatic rings. The van der Waals surface area contributed by atoms with Crippen molar-refractivity contribution in [3.63, 3.8) is 0 Å². The molecule has 1 aromatic carbocycles. The number of hydrogen-bond donors (Lipinski definition) is 1. The van der Waals surface area contributed by atoms with Gasteiger partial charge in [-0.3, -0.25) is 4.79 Å². The minimum atomic E-state index is -0.826. The van der Waals surface area contributed by atoms with Crippen LogP contribution in [0.3, 0.4) is 0 Å². The molecule has 0 amide bonds. The number of carbonyl (C=O) groups is 1. The van der Waals surface area contributed by atoms with Gasteiger partial charge in [-0.05, 0) is 34.0 Å². The molecule has 16 heavy (non-hydrogen) atoms. The number of aliphatic carboxylic acids is 1. The lowest BCUT2D eigenvalue weighted by Crippen LogP contribution is -2.12. The number of carboxylic acid groups (broad SMARTS) is 1. The van der Waals surface area contributed by atoms with Gasteiger partial charge in [-0.25, -0.2) is 0 Å². The molecule has 0 aromatic heterocycles. The quantitative estimate of drug-likeness (QED) is 0.927. The maximum Gasteiger partial charge on any atom is 0.306 e. The van der Waals surface area contributed by atoms with Crippen LogP contribution in [0, 0.1) is 5.92 Å².